The molecule has 0 radical (unpaired) electrons. The van der Waals surface area contributed by atoms with E-state index in [0.717, 1.165) is 5.92 Å². The fourth-order valence-corrected chi connectivity index (χ4v) is 6.58. The molecule has 0 heteroatoms. The molecule has 216 valence electrons. The van der Waals surface area contributed by atoms with E-state index in [2.05, 4.69) is 6.92 Å². The van der Waals surface area contributed by atoms with Gasteiger partial charge in [0.2, 0.25) is 0 Å². The highest BCUT2D eigenvalue weighted by Crippen LogP contribution is 2.29. The Morgan fingerprint density at radius 2 is 0.528 bits per heavy atom. The van der Waals surface area contributed by atoms with E-state index < -0.39 is 0 Å². The standard InChI is InChI=1S/C36H72/c1-2-3-4-5-6-7-8-9-10-11-12-13-14-15-16-17-18-19-20-21-22-23-24-25-26-27-28-29-30-33-36-34-31-32-35-36/h36H,2-35H2,1H3. The number of hydrogen-bond donors (Lipinski definition) is 0. The van der Waals surface area contributed by atoms with Crippen molar-refractivity contribution in [3.63, 3.8) is 0 Å². The van der Waals surface area contributed by atoms with E-state index in [9.17, 15) is 0 Å². The summed E-state index contributed by atoms with van der Waals surface area (Å²) in [5.41, 5.74) is 0. The van der Waals surface area contributed by atoms with Gasteiger partial charge in [-0.1, -0.05) is 225 Å². The van der Waals surface area contributed by atoms with Gasteiger partial charge in [0.05, 0.1) is 0 Å². The maximum Gasteiger partial charge on any atom is -0.0414 e. The van der Waals surface area contributed by atoms with Crippen molar-refractivity contribution >= 4 is 0 Å². The van der Waals surface area contributed by atoms with E-state index in [1.807, 2.05) is 0 Å². The summed E-state index contributed by atoms with van der Waals surface area (Å²) in [7, 11) is 0. The molecule has 1 aliphatic rings. The maximum absolute atomic E-state index is 2.31. The van der Waals surface area contributed by atoms with Crippen molar-refractivity contribution in [1.29, 1.82) is 0 Å². The largest absolute Gasteiger partial charge is 0.0654 e. The van der Waals surface area contributed by atoms with Crippen molar-refractivity contribution in [3.05, 3.63) is 0 Å². The summed E-state index contributed by atoms with van der Waals surface area (Å²) in [5.74, 6) is 1.11. The second-order valence-electron chi connectivity index (χ2n) is 12.8. The molecule has 0 nitrogen and oxygen atoms in total. The lowest BCUT2D eigenvalue weighted by molar-refractivity contribution is 0.459. The Bertz CT molecular complexity index is 379. The van der Waals surface area contributed by atoms with Gasteiger partial charge in [-0.15, -0.1) is 0 Å². The fraction of sp³-hybridized carbons (Fsp3) is 1.00. The van der Waals surface area contributed by atoms with Gasteiger partial charge < -0.3 is 0 Å². The van der Waals surface area contributed by atoms with Crippen molar-refractivity contribution in [2.24, 2.45) is 5.92 Å². The van der Waals surface area contributed by atoms with E-state index in [1.54, 1.807) is 19.3 Å². The zero-order valence-electron chi connectivity index (χ0n) is 25.6. The summed E-state index contributed by atoms with van der Waals surface area (Å²) in [5, 5.41) is 0. The van der Waals surface area contributed by atoms with E-state index in [4.69, 9.17) is 0 Å². The Morgan fingerprint density at radius 3 is 0.778 bits per heavy atom. The molecule has 36 heavy (non-hydrogen) atoms. The summed E-state index contributed by atoms with van der Waals surface area (Å²) in [6, 6.07) is 0. The van der Waals surface area contributed by atoms with Crippen LogP contribution < -0.4 is 0 Å². The van der Waals surface area contributed by atoms with Crippen molar-refractivity contribution in [3.8, 4) is 0 Å². The first-order valence-electron chi connectivity index (χ1n) is 17.9. The second-order valence-corrected chi connectivity index (χ2v) is 12.8. The fourth-order valence-electron chi connectivity index (χ4n) is 6.58. The van der Waals surface area contributed by atoms with E-state index in [0.29, 0.717) is 0 Å². The summed E-state index contributed by atoms with van der Waals surface area (Å²) < 4.78 is 0. The predicted molar refractivity (Wildman–Crippen MR) is 166 cm³/mol. The van der Waals surface area contributed by atoms with Crippen molar-refractivity contribution in [1.82, 2.24) is 0 Å². The molecular weight excluding hydrogens is 432 g/mol. The minimum atomic E-state index is 1.11. The average molecular weight is 505 g/mol. The Kier molecular flexibility index (Phi) is 27.9. The van der Waals surface area contributed by atoms with Gasteiger partial charge in [-0.2, -0.15) is 0 Å². The minimum Gasteiger partial charge on any atom is -0.0654 e. The lowest BCUT2D eigenvalue weighted by Gasteiger charge is -2.08. The highest BCUT2D eigenvalue weighted by Gasteiger charge is 2.13. The molecule has 0 heterocycles. The third-order valence-corrected chi connectivity index (χ3v) is 9.19. The van der Waals surface area contributed by atoms with Crippen molar-refractivity contribution in [2.75, 3.05) is 0 Å². The average Bonchev–Trinajstić information content (AvgIpc) is 3.41. The Hall–Kier alpha value is 0. The lowest BCUT2D eigenvalue weighted by atomic mass is 9.98. The molecule has 1 saturated carbocycles. The summed E-state index contributed by atoms with van der Waals surface area (Å²) in [6.45, 7) is 2.31. The Morgan fingerprint density at radius 1 is 0.306 bits per heavy atom. The smallest absolute Gasteiger partial charge is 0.0414 e. The topological polar surface area (TPSA) is 0 Å². The van der Waals surface area contributed by atoms with Crippen LogP contribution in [0.4, 0.5) is 0 Å². The van der Waals surface area contributed by atoms with Crippen molar-refractivity contribution in [2.45, 2.75) is 225 Å². The van der Waals surface area contributed by atoms with Crippen molar-refractivity contribution < 1.29 is 0 Å². The second kappa shape index (κ2) is 29.6. The van der Waals surface area contributed by atoms with Gasteiger partial charge in [0, 0.05) is 0 Å². The first kappa shape index (κ1) is 34.0. The Labute approximate surface area is 231 Å². The van der Waals surface area contributed by atoms with Crippen LogP contribution in [0.5, 0.6) is 0 Å². The molecule has 1 fully saturated rings. The zero-order valence-corrected chi connectivity index (χ0v) is 25.6. The quantitative estimate of drug-likeness (QED) is 0.0853. The van der Waals surface area contributed by atoms with Gasteiger partial charge >= 0.3 is 0 Å². The molecule has 0 saturated heterocycles. The van der Waals surface area contributed by atoms with Gasteiger partial charge in [0.15, 0.2) is 0 Å². The molecule has 0 spiro atoms. The number of unbranched alkanes of at least 4 members (excludes halogenated alkanes) is 28. The van der Waals surface area contributed by atoms with Crippen LogP contribution in [0.15, 0.2) is 0 Å². The molecule has 0 aromatic carbocycles. The van der Waals surface area contributed by atoms with Crippen LogP contribution in [0.2, 0.25) is 0 Å². The number of hydrogen-bond acceptors (Lipinski definition) is 0. The highest BCUT2D eigenvalue weighted by atomic mass is 14.2. The van der Waals surface area contributed by atoms with Gasteiger partial charge in [-0.3, -0.25) is 0 Å². The van der Waals surface area contributed by atoms with Crippen LogP contribution in [-0.4, -0.2) is 0 Å². The summed E-state index contributed by atoms with van der Waals surface area (Å²) in [4.78, 5) is 0. The van der Waals surface area contributed by atoms with Crippen LogP contribution in [0.25, 0.3) is 0 Å². The van der Waals surface area contributed by atoms with Crippen LogP contribution >= 0.6 is 0 Å². The van der Waals surface area contributed by atoms with Crippen LogP contribution in [-0.2, 0) is 0 Å². The minimum absolute atomic E-state index is 1.11. The molecular formula is C36H72. The van der Waals surface area contributed by atoms with Gasteiger partial charge in [-0.25, -0.2) is 0 Å². The number of rotatable bonds is 30. The lowest BCUT2D eigenvalue weighted by Crippen LogP contribution is -1.92. The molecule has 0 atom stereocenters. The molecule has 0 aromatic heterocycles. The maximum atomic E-state index is 2.31. The van der Waals surface area contributed by atoms with Gasteiger partial charge in [0.25, 0.3) is 0 Å². The predicted octanol–water partition coefficient (Wildman–Crippen LogP) is 13.9. The summed E-state index contributed by atoms with van der Waals surface area (Å²) >= 11 is 0. The highest BCUT2D eigenvalue weighted by molar-refractivity contribution is 4.67. The zero-order chi connectivity index (χ0) is 25.6. The molecule has 0 unspecified atom stereocenters. The molecule has 1 rings (SSSR count). The molecule has 0 bridgehead atoms. The Balaban J connectivity index is 1.60. The first-order valence-corrected chi connectivity index (χ1v) is 17.9. The van der Waals surface area contributed by atoms with Crippen LogP contribution in [0, 0.1) is 5.92 Å². The van der Waals surface area contributed by atoms with Gasteiger partial charge in [-0.05, 0) is 5.92 Å². The SMILES string of the molecule is CCCCCCCCCCCCCCCCCCCCCCCCCCCCCCCC1CCCC1. The molecule has 0 aromatic rings. The van der Waals surface area contributed by atoms with E-state index in [-0.39, 0.29) is 0 Å². The third kappa shape index (κ3) is 25.6. The third-order valence-electron chi connectivity index (χ3n) is 9.19. The monoisotopic (exact) mass is 505 g/mol. The molecule has 0 aliphatic heterocycles. The first-order chi connectivity index (χ1) is 17.9. The van der Waals surface area contributed by atoms with Gasteiger partial charge in [0.1, 0.15) is 0 Å². The summed E-state index contributed by atoms with van der Waals surface area (Å²) in [6.07, 6.45) is 50.9. The van der Waals surface area contributed by atoms with Crippen LogP contribution in [0.1, 0.15) is 225 Å². The molecule has 0 N–H and O–H groups in total. The molecule has 1 aliphatic carbocycles. The van der Waals surface area contributed by atoms with E-state index >= 15 is 0 Å². The normalized spacial score (nSPS) is 14.2. The van der Waals surface area contributed by atoms with E-state index in [1.165, 1.54) is 199 Å². The van der Waals surface area contributed by atoms with Crippen LogP contribution in [0.3, 0.4) is 0 Å². The molecule has 0 amide bonds.